The van der Waals surface area contributed by atoms with Crippen LogP contribution in [0, 0.1) is 4.91 Å². The maximum atomic E-state index is 11.1. The molecule has 0 radical (unpaired) electrons. The molecule has 0 saturated heterocycles. The summed E-state index contributed by atoms with van der Waals surface area (Å²) in [6, 6.07) is 0. The minimum absolute atomic E-state index is 0.342. The van der Waals surface area contributed by atoms with Crippen molar-refractivity contribution in [1.29, 1.82) is 0 Å². The van der Waals surface area contributed by atoms with Crippen LogP contribution in [-0.2, 0) is 4.79 Å². The summed E-state index contributed by atoms with van der Waals surface area (Å²) in [5, 5.41) is 5.03. The van der Waals surface area contributed by atoms with Crippen LogP contribution < -0.4 is 4.90 Å². The van der Waals surface area contributed by atoms with Crippen molar-refractivity contribution >= 4 is 22.4 Å². The van der Waals surface area contributed by atoms with Crippen LogP contribution in [0.2, 0.25) is 0 Å². The molecule has 0 atom stereocenters. The summed E-state index contributed by atoms with van der Waals surface area (Å²) in [4.78, 5) is 27.1. The monoisotopic (exact) mass is 221 g/mol. The van der Waals surface area contributed by atoms with Gasteiger partial charge in [0.15, 0.2) is 5.13 Å². The van der Waals surface area contributed by atoms with Crippen LogP contribution >= 0.6 is 11.3 Å². The third-order valence-electron chi connectivity index (χ3n) is 1.93. The van der Waals surface area contributed by atoms with E-state index in [0.717, 1.165) is 5.13 Å². The second kappa shape index (κ2) is 4.14. The maximum absolute atomic E-state index is 11.1. The Morgan fingerprint density at radius 1 is 1.60 bits per heavy atom. The average molecular weight is 221 g/mol. The van der Waals surface area contributed by atoms with Crippen molar-refractivity contribution in [3.8, 4) is 0 Å². The third kappa shape index (κ3) is 1.99. The van der Waals surface area contributed by atoms with Gasteiger partial charge in [-0.1, -0.05) is 6.08 Å². The van der Waals surface area contributed by atoms with Crippen LogP contribution in [0.15, 0.2) is 40.7 Å². The Balaban J connectivity index is 2.17. The normalized spacial score (nSPS) is 14.9. The fraction of sp³-hybridized carbons (Fsp3) is 0.111. The van der Waals surface area contributed by atoms with Gasteiger partial charge in [0.2, 0.25) is 0 Å². The van der Waals surface area contributed by atoms with Gasteiger partial charge < -0.3 is 4.90 Å². The maximum Gasteiger partial charge on any atom is 0.314 e. The highest BCUT2D eigenvalue weighted by atomic mass is 32.1. The lowest BCUT2D eigenvalue weighted by Gasteiger charge is -2.19. The van der Waals surface area contributed by atoms with E-state index in [2.05, 4.69) is 10.2 Å². The van der Waals surface area contributed by atoms with Crippen LogP contribution in [0.1, 0.15) is 0 Å². The number of anilines is 1. The first-order valence-corrected chi connectivity index (χ1v) is 5.10. The molecule has 0 unspecified atom stereocenters. The molecule has 76 valence electrons. The topological polar surface area (TPSA) is 62.6 Å². The quantitative estimate of drug-likeness (QED) is 0.713. The molecule has 0 aliphatic carbocycles. The van der Waals surface area contributed by atoms with Crippen LogP contribution in [0.3, 0.4) is 0 Å². The van der Waals surface area contributed by atoms with Crippen LogP contribution in [0.25, 0.3) is 0 Å². The Morgan fingerprint density at radius 2 is 2.47 bits per heavy atom. The molecule has 0 fully saturated rings. The van der Waals surface area contributed by atoms with E-state index < -0.39 is 5.91 Å². The zero-order valence-corrected chi connectivity index (χ0v) is 8.48. The number of nitrogens with zero attached hydrogens (tertiary/aromatic N) is 3. The highest BCUT2D eigenvalue weighted by Crippen LogP contribution is 2.21. The van der Waals surface area contributed by atoms with Gasteiger partial charge in [-0.2, -0.15) is 0 Å². The molecule has 0 saturated carbocycles. The molecule has 15 heavy (non-hydrogen) atoms. The molecule has 0 aromatic carbocycles. The number of aromatic nitrogens is 1. The highest BCUT2D eigenvalue weighted by Gasteiger charge is 2.17. The number of allylic oxidation sites excluding steroid dienone is 2. The molecule has 2 heterocycles. The second-order valence-electron chi connectivity index (χ2n) is 2.87. The summed E-state index contributed by atoms with van der Waals surface area (Å²) >= 11 is 1.47. The van der Waals surface area contributed by atoms with Crippen molar-refractivity contribution in [3.63, 3.8) is 0 Å². The van der Waals surface area contributed by atoms with Crippen molar-refractivity contribution in [3.05, 3.63) is 40.4 Å². The smallest absolute Gasteiger partial charge is 0.314 e. The van der Waals surface area contributed by atoms with Gasteiger partial charge >= 0.3 is 5.91 Å². The summed E-state index contributed by atoms with van der Waals surface area (Å²) in [6.45, 7) is 0.342. The lowest BCUT2D eigenvalue weighted by Crippen LogP contribution is -2.24. The van der Waals surface area contributed by atoms with Gasteiger partial charge in [0.25, 0.3) is 0 Å². The van der Waals surface area contributed by atoms with Gasteiger partial charge in [-0.15, -0.1) is 16.2 Å². The summed E-state index contributed by atoms with van der Waals surface area (Å²) < 4.78 is 0. The van der Waals surface area contributed by atoms with Gasteiger partial charge in [0.05, 0.1) is 6.54 Å². The lowest BCUT2D eigenvalue weighted by atomic mass is 10.2. The van der Waals surface area contributed by atoms with E-state index in [-0.39, 0.29) is 0 Å². The number of rotatable bonds is 2. The Hall–Kier alpha value is -1.82. The standard InChI is InChI=1S/C9H7N3O2S/c13-8(11-14)7-2-1-4-12(6-7)9-10-3-5-15-9/h1-5H,6H2. The molecule has 5 nitrogen and oxygen atoms in total. The predicted molar refractivity (Wildman–Crippen MR) is 57.5 cm³/mol. The SMILES string of the molecule is O=NC(=O)C1=CC=CN(c2nccs2)C1. The van der Waals surface area contributed by atoms with E-state index in [9.17, 15) is 9.70 Å². The fourth-order valence-corrected chi connectivity index (χ4v) is 1.86. The summed E-state index contributed by atoms with van der Waals surface area (Å²) in [6.07, 6.45) is 6.78. The number of hydrogen-bond acceptors (Lipinski definition) is 5. The molecule has 0 spiro atoms. The Bertz CT molecular complexity index is 436. The van der Waals surface area contributed by atoms with Gasteiger partial charge in [-0.05, 0) is 6.08 Å². The number of carbonyl (C=O) groups excluding carboxylic acids is 1. The molecule has 1 amide bonds. The largest absolute Gasteiger partial charge is 0.320 e. The van der Waals surface area contributed by atoms with E-state index in [1.807, 2.05) is 5.38 Å². The minimum atomic E-state index is -0.721. The van der Waals surface area contributed by atoms with Gasteiger partial charge in [0, 0.05) is 28.5 Å². The van der Waals surface area contributed by atoms with Crippen molar-refractivity contribution in [2.45, 2.75) is 0 Å². The van der Waals surface area contributed by atoms with Crippen molar-refractivity contribution < 1.29 is 4.79 Å². The predicted octanol–water partition coefficient (Wildman–Crippen LogP) is 1.70. The number of amides is 1. The average Bonchev–Trinajstić information content (AvgIpc) is 2.82. The lowest BCUT2D eigenvalue weighted by molar-refractivity contribution is -0.114. The van der Waals surface area contributed by atoms with Gasteiger partial charge in [-0.25, -0.2) is 4.98 Å². The minimum Gasteiger partial charge on any atom is -0.320 e. The van der Waals surface area contributed by atoms with Crippen LogP contribution in [-0.4, -0.2) is 17.4 Å². The molecular formula is C9H7N3O2S. The zero-order valence-electron chi connectivity index (χ0n) is 7.66. The van der Waals surface area contributed by atoms with E-state index in [4.69, 9.17) is 0 Å². The zero-order chi connectivity index (χ0) is 10.7. The van der Waals surface area contributed by atoms with Crippen LogP contribution in [0.5, 0.6) is 0 Å². The summed E-state index contributed by atoms with van der Waals surface area (Å²) in [7, 11) is 0. The number of hydrogen-bond donors (Lipinski definition) is 0. The van der Waals surface area contributed by atoms with E-state index >= 15 is 0 Å². The number of carbonyl (C=O) groups is 1. The first-order valence-electron chi connectivity index (χ1n) is 4.22. The first kappa shape index (κ1) is 9.72. The van der Waals surface area contributed by atoms with E-state index in [1.54, 1.807) is 29.4 Å². The molecule has 1 aliphatic heterocycles. The summed E-state index contributed by atoms with van der Waals surface area (Å²) in [5.41, 5.74) is 0.378. The Morgan fingerprint density at radius 3 is 3.13 bits per heavy atom. The second-order valence-corrected chi connectivity index (χ2v) is 3.75. The molecule has 6 heteroatoms. The molecular weight excluding hydrogens is 214 g/mol. The molecule has 0 N–H and O–H groups in total. The van der Waals surface area contributed by atoms with Gasteiger partial charge in [0.1, 0.15) is 0 Å². The molecule has 1 aromatic rings. The molecule has 1 aromatic heterocycles. The van der Waals surface area contributed by atoms with Gasteiger partial charge in [-0.3, -0.25) is 4.79 Å². The van der Waals surface area contributed by atoms with Crippen molar-refractivity contribution in [2.24, 2.45) is 5.18 Å². The third-order valence-corrected chi connectivity index (χ3v) is 2.74. The molecule has 1 aliphatic rings. The number of nitroso groups, excluding NO2 is 1. The summed E-state index contributed by atoms with van der Waals surface area (Å²) in [5.74, 6) is -0.721. The molecule has 2 rings (SSSR count). The van der Waals surface area contributed by atoms with Crippen LogP contribution in [0.4, 0.5) is 5.13 Å². The van der Waals surface area contributed by atoms with Crippen molar-refractivity contribution in [2.75, 3.05) is 11.4 Å². The molecule has 0 bridgehead atoms. The fourth-order valence-electron chi connectivity index (χ4n) is 1.24. The highest BCUT2D eigenvalue weighted by molar-refractivity contribution is 7.13. The van der Waals surface area contributed by atoms with E-state index in [1.165, 1.54) is 11.3 Å². The first-order chi connectivity index (χ1) is 7.31. The number of thiazole rings is 1. The Labute approximate surface area is 89.7 Å². The van der Waals surface area contributed by atoms with E-state index in [0.29, 0.717) is 12.1 Å². The van der Waals surface area contributed by atoms with Crippen molar-refractivity contribution in [1.82, 2.24) is 4.98 Å². The Kier molecular flexibility index (Phi) is 2.68.